The lowest BCUT2D eigenvalue weighted by molar-refractivity contribution is -0.114. The third-order valence-corrected chi connectivity index (χ3v) is 5.50. The lowest BCUT2D eigenvalue weighted by Crippen LogP contribution is -2.13. The van der Waals surface area contributed by atoms with Gasteiger partial charge in [0, 0.05) is 12.6 Å². The molecule has 4 nitrogen and oxygen atoms in total. The number of ether oxygens (including phenoxy) is 1. The van der Waals surface area contributed by atoms with Crippen LogP contribution in [0.1, 0.15) is 35.9 Å². The minimum absolute atomic E-state index is 0.0316. The molecule has 25 heavy (non-hydrogen) atoms. The number of carbonyl (C=O) groups is 1. The van der Waals surface area contributed by atoms with Gasteiger partial charge in [-0.25, -0.2) is 4.98 Å². The van der Waals surface area contributed by atoms with E-state index < -0.39 is 0 Å². The topological polar surface area (TPSA) is 51.2 Å². The summed E-state index contributed by atoms with van der Waals surface area (Å²) in [5.74, 6) is 0.888. The van der Waals surface area contributed by atoms with Crippen molar-refractivity contribution in [3.63, 3.8) is 0 Å². The normalized spacial score (nSPS) is 13.5. The van der Waals surface area contributed by atoms with Crippen LogP contribution in [0.3, 0.4) is 0 Å². The molecule has 0 fully saturated rings. The summed E-state index contributed by atoms with van der Waals surface area (Å²) in [6.45, 7) is 2.03. The first-order chi connectivity index (χ1) is 12.2. The molecule has 1 aromatic heterocycles. The van der Waals surface area contributed by atoms with Crippen molar-refractivity contribution < 1.29 is 9.53 Å². The second-order valence-electron chi connectivity index (χ2n) is 6.32. The van der Waals surface area contributed by atoms with Gasteiger partial charge >= 0.3 is 0 Å². The first-order valence-electron chi connectivity index (χ1n) is 8.60. The molecule has 0 saturated heterocycles. The fourth-order valence-corrected chi connectivity index (χ4v) is 4.28. The zero-order valence-electron chi connectivity index (χ0n) is 14.2. The first-order valence-corrected chi connectivity index (χ1v) is 9.42. The highest BCUT2D eigenvalue weighted by Crippen LogP contribution is 2.35. The first kappa shape index (κ1) is 16.1. The largest absolute Gasteiger partial charge is 0.486 e. The van der Waals surface area contributed by atoms with E-state index in [0.717, 1.165) is 47.6 Å². The van der Waals surface area contributed by atoms with Gasteiger partial charge in [-0.05, 0) is 61.1 Å². The maximum Gasteiger partial charge on any atom is 0.221 e. The van der Waals surface area contributed by atoms with Crippen molar-refractivity contribution >= 4 is 33.1 Å². The molecule has 1 N–H and O–H groups in total. The number of nitrogens with zero attached hydrogens (tertiary/aromatic N) is 1. The van der Waals surface area contributed by atoms with Crippen LogP contribution in [0.2, 0.25) is 0 Å². The molecule has 0 unspecified atom stereocenters. The number of fused-ring (bicyclic) bond motifs is 2. The molecular formula is C20H20N2O2S. The molecule has 0 bridgehead atoms. The van der Waals surface area contributed by atoms with Gasteiger partial charge in [-0.1, -0.05) is 12.1 Å². The SMILES string of the molecule is CC(=O)Nc1ccc(OCc2nc3ccccc3s2)c2c1CCCC2. The number of hydrogen-bond donors (Lipinski definition) is 1. The summed E-state index contributed by atoms with van der Waals surface area (Å²) in [6, 6.07) is 12.1. The van der Waals surface area contributed by atoms with E-state index in [1.807, 2.05) is 30.3 Å². The molecule has 128 valence electrons. The Morgan fingerprint density at radius 2 is 1.96 bits per heavy atom. The van der Waals surface area contributed by atoms with Gasteiger partial charge in [0.25, 0.3) is 0 Å². The predicted molar refractivity (Wildman–Crippen MR) is 101 cm³/mol. The Bertz CT molecular complexity index is 900. The van der Waals surface area contributed by atoms with Crippen LogP contribution in [0.4, 0.5) is 5.69 Å². The van der Waals surface area contributed by atoms with Gasteiger partial charge in [0.15, 0.2) is 0 Å². The van der Waals surface area contributed by atoms with E-state index in [2.05, 4.69) is 16.4 Å². The monoisotopic (exact) mass is 352 g/mol. The zero-order chi connectivity index (χ0) is 17.2. The predicted octanol–water partition coefficient (Wildman–Crippen LogP) is 4.71. The van der Waals surface area contributed by atoms with Gasteiger partial charge in [0.05, 0.1) is 10.2 Å². The van der Waals surface area contributed by atoms with Crippen LogP contribution in [-0.4, -0.2) is 10.9 Å². The van der Waals surface area contributed by atoms with Crippen LogP contribution in [0, 0.1) is 0 Å². The van der Waals surface area contributed by atoms with Crippen LogP contribution in [0.5, 0.6) is 5.75 Å². The van der Waals surface area contributed by atoms with Gasteiger partial charge in [-0.2, -0.15) is 0 Å². The molecule has 0 aliphatic heterocycles. The number of thiazole rings is 1. The number of anilines is 1. The number of aromatic nitrogens is 1. The van der Waals surface area contributed by atoms with Crippen molar-refractivity contribution in [2.24, 2.45) is 0 Å². The van der Waals surface area contributed by atoms with Crippen molar-refractivity contribution in [1.82, 2.24) is 4.98 Å². The van der Waals surface area contributed by atoms with Gasteiger partial charge in [-0.3, -0.25) is 4.79 Å². The maximum absolute atomic E-state index is 11.4. The van der Waals surface area contributed by atoms with Crippen LogP contribution >= 0.6 is 11.3 Å². The van der Waals surface area contributed by atoms with E-state index in [9.17, 15) is 4.79 Å². The molecule has 1 heterocycles. The van der Waals surface area contributed by atoms with Crippen molar-refractivity contribution in [3.8, 4) is 5.75 Å². The highest BCUT2D eigenvalue weighted by molar-refractivity contribution is 7.18. The Kier molecular flexibility index (Phi) is 4.40. The fraction of sp³-hybridized carbons (Fsp3) is 0.300. The summed E-state index contributed by atoms with van der Waals surface area (Å²) < 4.78 is 7.30. The smallest absolute Gasteiger partial charge is 0.221 e. The van der Waals surface area contributed by atoms with Gasteiger partial charge in [0.1, 0.15) is 17.4 Å². The summed E-state index contributed by atoms with van der Waals surface area (Å²) in [6.07, 6.45) is 4.30. The third kappa shape index (κ3) is 3.37. The molecule has 0 radical (unpaired) electrons. The van der Waals surface area contributed by atoms with Gasteiger partial charge < -0.3 is 10.1 Å². The molecule has 0 atom stereocenters. The molecule has 2 aromatic carbocycles. The van der Waals surface area contributed by atoms with Crippen LogP contribution in [0.15, 0.2) is 36.4 Å². The van der Waals surface area contributed by atoms with Gasteiger partial charge in [0.2, 0.25) is 5.91 Å². The van der Waals surface area contributed by atoms with Crippen LogP contribution in [0.25, 0.3) is 10.2 Å². The Balaban J connectivity index is 1.58. The highest BCUT2D eigenvalue weighted by Gasteiger charge is 2.19. The molecule has 0 spiro atoms. The Hall–Kier alpha value is -2.40. The molecule has 1 aliphatic rings. The maximum atomic E-state index is 11.4. The number of nitrogens with one attached hydrogen (secondary N) is 1. The van der Waals surface area contributed by atoms with Crippen LogP contribution in [-0.2, 0) is 24.2 Å². The number of benzene rings is 2. The summed E-state index contributed by atoms with van der Waals surface area (Å²) in [4.78, 5) is 16.1. The van der Waals surface area contributed by atoms with E-state index in [4.69, 9.17) is 4.74 Å². The quantitative estimate of drug-likeness (QED) is 0.740. The van der Waals surface area contributed by atoms with E-state index in [-0.39, 0.29) is 5.91 Å². The molecular weight excluding hydrogens is 332 g/mol. The summed E-state index contributed by atoms with van der Waals surface area (Å²) in [5.41, 5.74) is 4.41. The fourth-order valence-electron chi connectivity index (χ4n) is 3.40. The molecule has 1 amide bonds. The number of hydrogen-bond acceptors (Lipinski definition) is 4. The average molecular weight is 352 g/mol. The second kappa shape index (κ2) is 6.84. The van der Waals surface area contributed by atoms with Crippen molar-refractivity contribution in [2.75, 3.05) is 5.32 Å². The Morgan fingerprint density at radius 1 is 1.16 bits per heavy atom. The zero-order valence-corrected chi connectivity index (χ0v) is 15.0. The lowest BCUT2D eigenvalue weighted by Gasteiger charge is -2.22. The van der Waals surface area contributed by atoms with E-state index in [0.29, 0.717) is 6.61 Å². The number of para-hydroxylation sites is 1. The number of rotatable bonds is 4. The summed E-state index contributed by atoms with van der Waals surface area (Å²) >= 11 is 1.67. The molecule has 4 rings (SSSR count). The molecule has 3 aromatic rings. The number of amides is 1. The lowest BCUT2D eigenvalue weighted by atomic mass is 9.89. The van der Waals surface area contributed by atoms with Crippen molar-refractivity contribution in [2.45, 2.75) is 39.2 Å². The molecule has 1 aliphatic carbocycles. The number of carbonyl (C=O) groups excluding carboxylic acids is 1. The molecule has 0 saturated carbocycles. The minimum atomic E-state index is -0.0316. The van der Waals surface area contributed by atoms with Crippen molar-refractivity contribution in [3.05, 3.63) is 52.5 Å². The standard InChI is InChI=1S/C20H20N2O2S/c1-13(23)21-16-10-11-18(15-7-3-2-6-14(15)16)24-12-20-22-17-8-4-5-9-19(17)25-20/h4-5,8-11H,2-3,6-7,12H2,1H3,(H,21,23). The minimum Gasteiger partial charge on any atom is -0.486 e. The van der Waals surface area contributed by atoms with E-state index in [1.165, 1.54) is 15.8 Å². The van der Waals surface area contributed by atoms with Crippen molar-refractivity contribution in [1.29, 1.82) is 0 Å². The molecule has 5 heteroatoms. The van der Waals surface area contributed by atoms with Crippen LogP contribution < -0.4 is 10.1 Å². The van der Waals surface area contributed by atoms with E-state index >= 15 is 0 Å². The Morgan fingerprint density at radius 3 is 2.76 bits per heavy atom. The third-order valence-electron chi connectivity index (χ3n) is 4.49. The second-order valence-corrected chi connectivity index (χ2v) is 7.44. The van der Waals surface area contributed by atoms with Gasteiger partial charge in [-0.15, -0.1) is 11.3 Å². The Labute approximate surface area is 150 Å². The average Bonchev–Trinajstić information content (AvgIpc) is 3.03. The van der Waals surface area contributed by atoms with E-state index in [1.54, 1.807) is 18.3 Å². The summed E-state index contributed by atoms with van der Waals surface area (Å²) in [7, 11) is 0. The summed E-state index contributed by atoms with van der Waals surface area (Å²) in [5, 5.41) is 3.93. The highest BCUT2D eigenvalue weighted by atomic mass is 32.1.